The zero-order valence-corrected chi connectivity index (χ0v) is 17.1. The molecule has 2 fully saturated rings. The van der Waals surface area contributed by atoms with Crippen molar-refractivity contribution < 1.29 is 27.8 Å². The van der Waals surface area contributed by atoms with Crippen molar-refractivity contribution in [1.29, 1.82) is 0 Å². The molecule has 5 nitrogen and oxygen atoms in total. The molecule has 1 aliphatic heterocycles. The van der Waals surface area contributed by atoms with Crippen molar-refractivity contribution in [2.24, 2.45) is 5.92 Å². The highest BCUT2D eigenvalue weighted by Gasteiger charge is 2.60. The van der Waals surface area contributed by atoms with Crippen molar-refractivity contribution in [2.45, 2.75) is 63.3 Å². The van der Waals surface area contributed by atoms with E-state index in [9.17, 15) is 23.1 Å². The molecule has 8 heteroatoms. The minimum absolute atomic E-state index is 0.0626. The molecule has 1 aromatic heterocycles. The molecule has 4 rings (SSSR count). The topological polar surface area (TPSA) is 63.5 Å². The van der Waals surface area contributed by atoms with Crippen LogP contribution in [0.15, 0.2) is 24.3 Å². The van der Waals surface area contributed by atoms with Gasteiger partial charge < -0.3 is 14.4 Å². The Hall–Kier alpha value is -2.06. The second-order valence-electron chi connectivity index (χ2n) is 8.72. The molecule has 1 saturated carbocycles. The van der Waals surface area contributed by atoms with Crippen LogP contribution in [-0.4, -0.2) is 46.6 Å². The largest absolute Gasteiger partial charge is 0.478 e. The molecule has 1 unspecified atom stereocenters. The molecule has 2 aromatic rings. The molecule has 0 radical (unpaired) electrons. The molecular formula is C22H27F3N2O3. The summed E-state index contributed by atoms with van der Waals surface area (Å²) in [5.74, 6) is -0.665. The summed E-state index contributed by atoms with van der Waals surface area (Å²) in [5.41, 5.74) is 0.0338. The monoisotopic (exact) mass is 424 g/mol. The van der Waals surface area contributed by atoms with Crippen LogP contribution in [-0.2, 0) is 4.74 Å². The highest BCUT2D eigenvalue weighted by molar-refractivity contribution is 6.05. The minimum Gasteiger partial charge on any atom is -0.478 e. The van der Waals surface area contributed by atoms with E-state index in [1.807, 2.05) is 31.2 Å². The molecule has 2 aliphatic rings. The highest BCUT2D eigenvalue weighted by atomic mass is 19.4. The number of para-hydroxylation sites is 1. The van der Waals surface area contributed by atoms with Gasteiger partial charge in [0.05, 0.1) is 18.8 Å². The van der Waals surface area contributed by atoms with Crippen molar-refractivity contribution >= 4 is 16.9 Å². The molecule has 0 amide bonds. The van der Waals surface area contributed by atoms with Gasteiger partial charge in [-0.2, -0.15) is 13.2 Å². The third-order valence-electron chi connectivity index (χ3n) is 6.95. The number of carbonyl (C=O) groups is 1. The average Bonchev–Trinajstić information content (AvgIpc) is 2.95. The molecule has 1 saturated heterocycles. The van der Waals surface area contributed by atoms with Crippen LogP contribution in [0, 0.1) is 12.8 Å². The number of fused-ring (bicyclic) bond motifs is 1. The molecule has 1 aliphatic carbocycles. The van der Waals surface area contributed by atoms with Crippen molar-refractivity contribution in [3.63, 3.8) is 0 Å². The Labute approximate surface area is 173 Å². The first kappa shape index (κ1) is 21.2. The number of halogens is 3. The van der Waals surface area contributed by atoms with Gasteiger partial charge in [0, 0.05) is 28.7 Å². The van der Waals surface area contributed by atoms with Crippen LogP contribution in [0.5, 0.6) is 0 Å². The van der Waals surface area contributed by atoms with Crippen LogP contribution in [0.3, 0.4) is 0 Å². The van der Waals surface area contributed by atoms with E-state index >= 15 is 0 Å². The molecule has 164 valence electrons. The minimum atomic E-state index is -4.32. The van der Waals surface area contributed by atoms with E-state index in [2.05, 4.69) is 16.8 Å². The number of hydrogen-bond acceptors (Lipinski definition) is 3. The number of nitrogens with zero attached hydrogens (tertiary/aromatic N) is 1. The lowest BCUT2D eigenvalue weighted by molar-refractivity contribution is -0.270. The summed E-state index contributed by atoms with van der Waals surface area (Å²) >= 11 is 0. The summed E-state index contributed by atoms with van der Waals surface area (Å²) < 4.78 is 47.2. The molecular weight excluding hydrogens is 397 g/mol. The fourth-order valence-electron chi connectivity index (χ4n) is 5.17. The molecule has 30 heavy (non-hydrogen) atoms. The van der Waals surface area contributed by atoms with Crippen LogP contribution in [0.1, 0.15) is 54.7 Å². The Morgan fingerprint density at radius 3 is 2.40 bits per heavy atom. The van der Waals surface area contributed by atoms with Crippen molar-refractivity contribution in [3.05, 3.63) is 35.5 Å². The van der Waals surface area contributed by atoms with Gasteiger partial charge in [0.25, 0.3) is 0 Å². The SMILES string of the molecule is Cc1c(C(=O)O)c2ccccc2n1C(C)C1CCC(NC2(C(F)(F)F)COC2)CC1. The van der Waals surface area contributed by atoms with E-state index < -0.39 is 17.7 Å². The van der Waals surface area contributed by atoms with Crippen LogP contribution < -0.4 is 5.32 Å². The van der Waals surface area contributed by atoms with Gasteiger partial charge in [-0.05, 0) is 51.5 Å². The van der Waals surface area contributed by atoms with Gasteiger partial charge in [0.15, 0.2) is 5.54 Å². The lowest BCUT2D eigenvalue weighted by Gasteiger charge is -2.46. The summed E-state index contributed by atoms with van der Waals surface area (Å²) in [6.07, 6.45) is -1.40. The number of aromatic carboxylic acids is 1. The lowest BCUT2D eigenvalue weighted by atomic mass is 9.80. The third-order valence-corrected chi connectivity index (χ3v) is 6.95. The molecule has 2 heterocycles. The number of alkyl halides is 3. The number of aromatic nitrogens is 1. The van der Waals surface area contributed by atoms with E-state index in [1.165, 1.54) is 0 Å². The first-order chi connectivity index (χ1) is 14.1. The van der Waals surface area contributed by atoms with Gasteiger partial charge in [-0.1, -0.05) is 18.2 Å². The predicted molar refractivity (Wildman–Crippen MR) is 107 cm³/mol. The van der Waals surface area contributed by atoms with Crippen molar-refractivity contribution in [1.82, 2.24) is 9.88 Å². The number of nitrogens with one attached hydrogen (secondary N) is 1. The number of ether oxygens (including phenoxy) is 1. The Kier molecular flexibility index (Phi) is 5.34. The smallest absolute Gasteiger partial charge is 0.411 e. The summed E-state index contributed by atoms with van der Waals surface area (Å²) in [6.45, 7) is 3.27. The zero-order chi connectivity index (χ0) is 21.7. The fraction of sp³-hybridized carbons (Fsp3) is 0.591. The molecule has 2 N–H and O–H groups in total. The molecule has 0 bridgehead atoms. The summed E-state index contributed by atoms with van der Waals surface area (Å²) in [4.78, 5) is 11.8. The number of carboxylic acids is 1. The van der Waals surface area contributed by atoms with Crippen LogP contribution in [0.25, 0.3) is 10.9 Å². The van der Waals surface area contributed by atoms with Crippen LogP contribution in [0.2, 0.25) is 0 Å². The van der Waals surface area contributed by atoms with Gasteiger partial charge in [-0.3, -0.25) is 5.32 Å². The second kappa shape index (κ2) is 7.57. The fourth-order valence-corrected chi connectivity index (χ4v) is 5.17. The quantitative estimate of drug-likeness (QED) is 0.731. The van der Waals surface area contributed by atoms with Crippen LogP contribution >= 0.6 is 0 Å². The van der Waals surface area contributed by atoms with E-state index in [4.69, 9.17) is 4.74 Å². The Morgan fingerprint density at radius 2 is 1.87 bits per heavy atom. The summed E-state index contributed by atoms with van der Waals surface area (Å²) in [7, 11) is 0. The van der Waals surface area contributed by atoms with Crippen molar-refractivity contribution in [3.8, 4) is 0 Å². The highest BCUT2D eigenvalue weighted by Crippen LogP contribution is 2.41. The Bertz CT molecular complexity index is 941. The number of carboxylic acid groups (broad SMARTS) is 1. The van der Waals surface area contributed by atoms with E-state index in [1.54, 1.807) is 0 Å². The molecule has 1 aromatic carbocycles. The van der Waals surface area contributed by atoms with Gasteiger partial charge in [0.1, 0.15) is 0 Å². The van der Waals surface area contributed by atoms with Crippen molar-refractivity contribution in [2.75, 3.05) is 13.2 Å². The van der Waals surface area contributed by atoms with E-state index in [0.29, 0.717) is 18.4 Å². The predicted octanol–water partition coefficient (Wildman–Crippen LogP) is 4.69. The van der Waals surface area contributed by atoms with Gasteiger partial charge in [-0.15, -0.1) is 0 Å². The van der Waals surface area contributed by atoms with E-state index in [-0.39, 0.29) is 31.2 Å². The van der Waals surface area contributed by atoms with Crippen LogP contribution in [0.4, 0.5) is 13.2 Å². The first-order valence-electron chi connectivity index (χ1n) is 10.4. The summed E-state index contributed by atoms with van der Waals surface area (Å²) in [6, 6.07) is 7.37. The van der Waals surface area contributed by atoms with Gasteiger partial charge in [-0.25, -0.2) is 4.79 Å². The van der Waals surface area contributed by atoms with E-state index in [0.717, 1.165) is 29.4 Å². The maximum atomic E-state index is 13.4. The normalized spacial score (nSPS) is 25.1. The van der Waals surface area contributed by atoms with Gasteiger partial charge >= 0.3 is 12.1 Å². The average molecular weight is 424 g/mol. The number of benzene rings is 1. The maximum Gasteiger partial charge on any atom is 0.411 e. The molecule has 1 atom stereocenters. The summed E-state index contributed by atoms with van der Waals surface area (Å²) in [5, 5.41) is 13.2. The van der Waals surface area contributed by atoms with Gasteiger partial charge in [0.2, 0.25) is 0 Å². The standard InChI is InChI=1S/C22H27F3N2O3/c1-13(27-14(2)19(20(28)29)17-5-3-4-6-18(17)27)15-7-9-16(10-8-15)26-21(11-30-12-21)22(23,24)25/h3-6,13,15-16,26H,7-12H2,1-2H3,(H,28,29). The molecule has 0 spiro atoms. The Balaban J connectivity index is 1.50. The number of rotatable bonds is 5. The third kappa shape index (κ3) is 3.39. The zero-order valence-electron chi connectivity index (χ0n) is 17.1. The first-order valence-corrected chi connectivity index (χ1v) is 10.4. The Morgan fingerprint density at radius 1 is 1.23 bits per heavy atom. The lowest BCUT2D eigenvalue weighted by Crippen LogP contribution is -2.71. The second-order valence-corrected chi connectivity index (χ2v) is 8.72. The number of hydrogen-bond donors (Lipinski definition) is 2. The maximum absolute atomic E-state index is 13.4.